The molecular formula is C20H20ClN3O3. The summed E-state index contributed by atoms with van der Waals surface area (Å²) in [7, 11) is 0. The second-order valence-electron chi connectivity index (χ2n) is 6.41. The van der Waals surface area contributed by atoms with Crippen LogP contribution in [0.15, 0.2) is 71.8 Å². The van der Waals surface area contributed by atoms with Crippen LogP contribution in [0.3, 0.4) is 0 Å². The van der Waals surface area contributed by atoms with Crippen LogP contribution in [0.5, 0.6) is 11.5 Å². The van der Waals surface area contributed by atoms with Crippen molar-refractivity contribution in [2.45, 2.75) is 12.1 Å². The van der Waals surface area contributed by atoms with Crippen LogP contribution >= 0.6 is 11.8 Å². The zero-order valence-corrected chi connectivity index (χ0v) is 15.4. The molecule has 2 aliphatic heterocycles. The monoisotopic (exact) mass is 385 g/mol. The van der Waals surface area contributed by atoms with Crippen molar-refractivity contribution in [3.63, 3.8) is 0 Å². The van der Waals surface area contributed by atoms with Gasteiger partial charge in [-0.3, -0.25) is 13.8 Å². The molecule has 2 aliphatic rings. The fourth-order valence-corrected chi connectivity index (χ4v) is 3.00. The summed E-state index contributed by atoms with van der Waals surface area (Å²) in [5.41, 5.74) is 0.615. The first-order valence-corrected chi connectivity index (χ1v) is 9.15. The van der Waals surface area contributed by atoms with Crippen molar-refractivity contribution in [3.8, 4) is 17.2 Å². The number of aromatic nitrogens is 1. The molecule has 1 aromatic carbocycles. The smallest absolute Gasteiger partial charge is 0.258 e. The van der Waals surface area contributed by atoms with Crippen molar-refractivity contribution in [2.24, 2.45) is 0 Å². The van der Waals surface area contributed by atoms with Crippen molar-refractivity contribution >= 4 is 11.8 Å². The second kappa shape index (κ2) is 7.90. The molecule has 1 aromatic heterocycles. The molecule has 140 valence electrons. The summed E-state index contributed by atoms with van der Waals surface area (Å²) in [5, 5.41) is 3.17. The number of rotatable bonds is 6. The first kappa shape index (κ1) is 17.7. The van der Waals surface area contributed by atoms with Crippen molar-refractivity contribution in [1.82, 2.24) is 14.3 Å². The first-order chi connectivity index (χ1) is 13.2. The Kier molecular flexibility index (Phi) is 5.18. The van der Waals surface area contributed by atoms with E-state index in [-0.39, 0.29) is 17.7 Å². The average molecular weight is 386 g/mol. The van der Waals surface area contributed by atoms with Gasteiger partial charge in [-0.25, -0.2) is 0 Å². The Morgan fingerprint density at radius 1 is 1.11 bits per heavy atom. The van der Waals surface area contributed by atoms with Gasteiger partial charge in [0, 0.05) is 49.0 Å². The molecule has 1 unspecified atom stereocenters. The number of ether oxygens (including phenoxy) is 2. The van der Waals surface area contributed by atoms with Gasteiger partial charge in [-0.05, 0) is 36.4 Å². The molecule has 27 heavy (non-hydrogen) atoms. The Balaban J connectivity index is 1.41. The van der Waals surface area contributed by atoms with E-state index in [9.17, 15) is 4.79 Å². The Morgan fingerprint density at radius 3 is 2.59 bits per heavy atom. The Morgan fingerprint density at radius 2 is 1.93 bits per heavy atom. The van der Waals surface area contributed by atoms with E-state index in [0.717, 1.165) is 24.5 Å². The average Bonchev–Trinajstić information content (AvgIpc) is 2.65. The van der Waals surface area contributed by atoms with Crippen LogP contribution in [0.1, 0.15) is 0 Å². The maximum Gasteiger partial charge on any atom is 0.258 e. The fourth-order valence-electron chi connectivity index (χ4n) is 2.81. The lowest BCUT2D eigenvalue weighted by Gasteiger charge is -2.27. The van der Waals surface area contributed by atoms with Crippen molar-refractivity contribution < 1.29 is 9.47 Å². The van der Waals surface area contributed by atoms with E-state index in [2.05, 4.69) is 5.32 Å². The van der Waals surface area contributed by atoms with E-state index in [0.29, 0.717) is 12.4 Å². The summed E-state index contributed by atoms with van der Waals surface area (Å²) in [6, 6.07) is 10.7. The van der Waals surface area contributed by atoms with E-state index in [1.165, 1.54) is 6.07 Å². The maximum atomic E-state index is 12.5. The van der Waals surface area contributed by atoms with E-state index >= 15 is 0 Å². The summed E-state index contributed by atoms with van der Waals surface area (Å²) < 4.78 is 14.6. The normalized spacial score (nSPS) is 19.0. The Labute approximate surface area is 162 Å². The van der Waals surface area contributed by atoms with Gasteiger partial charge >= 0.3 is 0 Å². The van der Waals surface area contributed by atoms with Crippen LogP contribution < -0.4 is 20.3 Å². The molecule has 1 atom stereocenters. The summed E-state index contributed by atoms with van der Waals surface area (Å²) in [5.74, 6) is 1.32. The lowest BCUT2D eigenvalue weighted by Crippen LogP contribution is -2.50. The minimum absolute atomic E-state index is 0.0717. The molecule has 6 nitrogen and oxygen atoms in total. The summed E-state index contributed by atoms with van der Waals surface area (Å²) >= 11 is 6.08. The van der Waals surface area contributed by atoms with Crippen molar-refractivity contribution in [2.75, 3.05) is 19.7 Å². The lowest BCUT2D eigenvalue weighted by molar-refractivity contribution is 0.142. The lowest BCUT2D eigenvalue weighted by atomic mass is 10.2. The van der Waals surface area contributed by atoms with Crippen LogP contribution in [-0.2, 0) is 0 Å². The van der Waals surface area contributed by atoms with Crippen molar-refractivity contribution in [1.29, 1.82) is 0 Å². The highest BCUT2D eigenvalue weighted by Gasteiger charge is 2.18. The highest BCUT2D eigenvalue weighted by molar-refractivity contribution is 6.14. The van der Waals surface area contributed by atoms with Gasteiger partial charge in [-0.15, -0.1) is 0 Å². The third kappa shape index (κ3) is 4.18. The van der Waals surface area contributed by atoms with Crippen LogP contribution in [-0.4, -0.2) is 40.8 Å². The third-order valence-corrected chi connectivity index (χ3v) is 4.83. The molecule has 2 aromatic rings. The molecule has 1 N–H and O–H groups in total. The molecule has 7 heteroatoms. The number of hydrogen-bond acceptors (Lipinski definition) is 5. The predicted molar refractivity (Wildman–Crippen MR) is 105 cm³/mol. The number of benzene rings is 1. The van der Waals surface area contributed by atoms with Crippen LogP contribution in [0.2, 0.25) is 0 Å². The van der Waals surface area contributed by atoms with Crippen molar-refractivity contribution in [3.05, 3.63) is 77.4 Å². The third-order valence-electron chi connectivity index (χ3n) is 4.46. The predicted octanol–water partition coefficient (Wildman–Crippen LogP) is 2.47. The van der Waals surface area contributed by atoms with Gasteiger partial charge in [0.15, 0.2) is 0 Å². The van der Waals surface area contributed by atoms with Gasteiger partial charge in [-0.2, -0.15) is 0 Å². The number of pyridine rings is 1. The van der Waals surface area contributed by atoms with Gasteiger partial charge < -0.3 is 14.8 Å². The van der Waals surface area contributed by atoms with Gasteiger partial charge in [-0.1, -0.05) is 12.2 Å². The van der Waals surface area contributed by atoms with E-state index in [1.807, 2.05) is 42.5 Å². The summed E-state index contributed by atoms with van der Waals surface area (Å²) in [4.78, 5) is 12.5. The summed E-state index contributed by atoms with van der Waals surface area (Å²) in [6.07, 6.45) is 9.41. The highest BCUT2D eigenvalue weighted by atomic mass is 35.5. The number of allylic oxidation sites excluding steroid dienone is 2. The summed E-state index contributed by atoms with van der Waals surface area (Å²) in [6.45, 7) is 2.10. The molecule has 4 rings (SSSR count). The van der Waals surface area contributed by atoms with Crippen LogP contribution in [0.25, 0.3) is 5.69 Å². The topological polar surface area (TPSA) is 55.7 Å². The largest absolute Gasteiger partial charge is 0.491 e. The molecular weight excluding hydrogens is 366 g/mol. The molecule has 0 aliphatic carbocycles. The van der Waals surface area contributed by atoms with Crippen LogP contribution in [0, 0.1) is 0 Å². The molecule has 1 fully saturated rings. The fraction of sp³-hybridized carbons (Fsp3) is 0.250. The maximum absolute atomic E-state index is 12.5. The molecule has 0 saturated carbocycles. The number of nitrogens with zero attached hydrogens (tertiary/aromatic N) is 2. The standard InChI is InChI=1S/C20H20ClN3O3/c21-24-9-2-1-3-16(24)14-26-18-8-10-23(20(25)11-18)15-4-6-17(7-5-15)27-19-12-22-13-19/h1-11,16,19,22H,12-14H2. The van der Waals surface area contributed by atoms with Gasteiger partial charge in [0.05, 0.1) is 6.04 Å². The van der Waals surface area contributed by atoms with E-state index < -0.39 is 0 Å². The number of halogens is 1. The Bertz CT molecular complexity index is 903. The molecule has 0 radical (unpaired) electrons. The molecule has 1 saturated heterocycles. The zero-order valence-electron chi connectivity index (χ0n) is 14.6. The van der Waals surface area contributed by atoms with E-state index in [1.54, 1.807) is 27.4 Å². The van der Waals surface area contributed by atoms with Gasteiger partial charge in [0.25, 0.3) is 5.56 Å². The highest BCUT2D eigenvalue weighted by Crippen LogP contribution is 2.18. The zero-order chi connectivity index (χ0) is 18.6. The SMILES string of the molecule is O=c1cc(OCC2C=CC=CN2Cl)ccn1-c1ccc(OC2CNC2)cc1. The molecule has 0 spiro atoms. The quantitative estimate of drug-likeness (QED) is 0.774. The van der Waals surface area contributed by atoms with Gasteiger partial charge in [0.1, 0.15) is 24.2 Å². The number of nitrogens with one attached hydrogen (secondary N) is 1. The minimum Gasteiger partial charge on any atom is -0.491 e. The van der Waals surface area contributed by atoms with Gasteiger partial charge in [0.2, 0.25) is 0 Å². The molecule has 0 amide bonds. The number of hydrogen-bond donors (Lipinski definition) is 1. The van der Waals surface area contributed by atoms with E-state index in [4.69, 9.17) is 21.3 Å². The second-order valence-corrected chi connectivity index (χ2v) is 6.80. The first-order valence-electron chi connectivity index (χ1n) is 8.81. The molecule has 3 heterocycles. The molecule has 0 bridgehead atoms. The minimum atomic E-state index is -0.161. The Hall–Kier alpha value is -2.70. The van der Waals surface area contributed by atoms with Crippen LogP contribution in [0.4, 0.5) is 0 Å².